The third-order valence-corrected chi connectivity index (χ3v) is 6.16. The molecule has 0 radical (unpaired) electrons. The summed E-state index contributed by atoms with van der Waals surface area (Å²) in [6.07, 6.45) is 3.14. The summed E-state index contributed by atoms with van der Waals surface area (Å²) < 4.78 is 25.8. The number of aromatic amines is 1. The van der Waals surface area contributed by atoms with Crippen molar-refractivity contribution in [3.63, 3.8) is 0 Å². The smallest absolute Gasteiger partial charge is 0.346 e. The highest BCUT2D eigenvalue weighted by Gasteiger charge is 2.26. The van der Waals surface area contributed by atoms with Crippen LogP contribution >= 0.6 is 11.3 Å². The number of carbonyl (C=O) groups is 1. The molecule has 7 nitrogen and oxygen atoms in total. The maximum Gasteiger partial charge on any atom is 0.346 e. The number of hydrogen-bond donors (Lipinski definition) is 2. The van der Waals surface area contributed by atoms with Crippen molar-refractivity contribution in [1.82, 2.24) is 14.3 Å². The molecule has 0 amide bonds. The number of nitrogens with zero attached hydrogens (tertiary/aromatic N) is 2. The fourth-order valence-corrected chi connectivity index (χ4v) is 4.35. The second kappa shape index (κ2) is 5.35. The molecule has 0 spiro atoms. The highest BCUT2D eigenvalue weighted by molar-refractivity contribution is 7.91. The molecule has 0 fully saturated rings. The van der Waals surface area contributed by atoms with Crippen molar-refractivity contribution < 1.29 is 18.3 Å². The van der Waals surface area contributed by atoms with Crippen molar-refractivity contribution in [3.05, 3.63) is 34.7 Å². The molecule has 2 N–H and O–H groups in total. The lowest BCUT2D eigenvalue weighted by atomic mass is 10.3. The minimum atomic E-state index is -3.72. The van der Waals surface area contributed by atoms with Gasteiger partial charge in [-0.05, 0) is 18.6 Å². The summed E-state index contributed by atoms with van der Waals surface area (Å²) in [7, 11) is -2.30. The van der Waals surface area contributed by atoms with Gasteiger partial charge in [0.1, 0.15) is 14.9 Å². The predicted molar refractivity (Wildman–Crippen MR) is 73.3 cm³/mol. The number of rotatable bonds is 5. The number of aryl methyl sites for hydroxylation is 1. The van der Waals surface area contributed by atoms with Crippen LogP contribution in [0.15, 0.2) is 22.7 Å². The largest absolute Gasteiger partial charge is 0.477 e. The van der Waals surface area contributed by atoms with Crippen molar-refractivity contribution in [2.75, 3.05) is 7.05 Å². The Morgan fingerprint density at radius 2 is 2.25 bits per heavy atom. The lowest BCUT2D eigenvalue weighted by Crippen LogP contribution is -2.26. The summed E-state index contributed by atoms with van der Waals surface area (Å²) in [6.45, 7) is 1.67. The number of H-pyrrole nitrogens is 1. The van der Waals surface area contributed by atoms with Gasteiger partial charge in [-0.25, -0.2) is 18.2 Å². The van der Waals surface area contributed by atoms with E-state index in [0.717, 1.165) is 15.6 Å². The summed E-state index contributed by atoms with van der Waals surface area (Å²) in [4.78, 5) is 17.8. The van der Waals surface area contributed by atoms with E-state index in [1.807, 2.05) is 0 Å². The van der Waals surface area contributed by atoms with Gasteiger partial charge in [0.25, 0.3) is 10.0 Å². The Hall–Kier alpha value is -1.71. The molecule has 0 saturated heterocycles. The molecule has 0 aliphatic rings. The maximum atomic E-state index is 12.3. The third-order valence-electron chi connectivity index (χ3n) is 2.68. The average molecular weight is 315 g/mol. The van der Waals surface area contributed by atoms with Crippen LogP contribution in [0.2, 0.25) is 0 Å². The lowest BCUT2D eigenvalue weighted by molar-refractivity contribution is 0.0701. The van der Waals surface area contributed by atoms with Gasteiger partial charge in [0.05, 0.1) is 6.54 Å². The number of nitrogens with one attached hydrogen (secondary N) is 1. The molecule has 2 heterocycles. The van der Waals surface area contributed by atoms with Gasteiger partial charge in [-0.2, -0.15) is 4.31 Å². The van der Waals surface area contributed by atoms with Gasteiger partial charge in [-0.15, -0.1) is 11.3 Å². The fraction of sp³-hybridized carbons (Fsp3) is 0.273. The first-order valence-corrected chi connectivity index (χ1v) is 7.86. The van der Waals surface area contributed by atoms with Gasteiger partial charge in [0.15, 0.2) is 0 Å². The fourth-order valence-electron chi connectivity index (χ4n) is 1.63. The van der Waals surface area contributed by atoms with Crippen molar-refractivity contribution in [2.45, 2.75) is 17.7 Å². The molecule has 0 bridgehead atoms. The Balaban J connectivity index is 2.30. The number of imidazole rings is 1. The molecule has 0 aliphatic carbocycles. The summed E-state index contributed by atoms with van der Waals surface area (Å²) in [5.74, 6) is -0.606. The molecule has 0 atom stereocenters. The molecule has 0 aliphatic heterocycles. The Labute approximate surface area is 119 Å². The summed E-state index contributed by atoms with van der Waals surface area (Å²) in [5, 5.41) is 8.98. The quantitative estimate of drug-likeness (QED) is 0.865. The number of hydrogen-bond acceptors (Lipinski definition) is 5. The van der Waals surface area contributed by atoms with Crippen LogP contribution in [0.25, 0.3) is 0 Å². The standard InChI is InChI=1S/C11H13N3O4S2/c1-7-5-9(19-10(7)11(15)16)20(17,18)14(2)6-8-12-3-4-13-8/h3-5H,6H2,1-2H3,(H,12,13)(H,15,16). The van der Waals surface area contributed by atoms with Crippen LogP contribution in [0.5, 0.6) is 0 Å². The predicted octanol–water partition coefficient (Wildman–Crippen LogP) is 1.30. The number of aromatic nitrogens is 2. The van der Waals surface area contributed by atoms with E-state index in [1.54, 1.807) is 13.1 Å². The zero-order valence-electron chi connectivity index (χ0n) is 10.8. The topological polar surface area (TPSA) is 103 Å². The van der Waals surface area contributed by atoms with E-state index in [0.29, 0.717) is 11.4 Å². The van der Waals surface area contributed by atoms with E-state index < -0.39 is 16.0 Å². The number of thiophene rings is 1. The minimum absolute atomic E-state index is 0.0152. The molecule has 0 saturated carbocycles. The van der Waals surface area contributed by atoms with E-state index in [4.69, 9.17) is 5.11 Å². The van der Waals surface area contributed by atoms with Crippen molar-refractivity contribution in [2.24, 2.45) is 0 Å². The second-order valence-corrected chi connectivity index (χ2v) is 7.50. The molecule has 0 unspecified atom stereocenters. The van der Waals surface area contributed by atoms with E-state index in [1.165, 1.54) is 19.3 Å². The van der Waals surface area contributed by atoms with Crippen LogP contribution in [0.1, 0.15) is 21.1 Å². The second-order valence-electron chi connectivity index (χ2n) is 4.18. The van der Waals surface area contributed by atoms with Crippen LogP contribution < -0.4 is 0 Å². The molecule has 2 aromatic rings. The summed E-state index contributed by atoms with van der Waals surface area (Å²) >= 11 is 0.756. The van der Waals surface area contributed by atoms with Crippen LogP contribution in [-0.4, -0.2) is 40.8 Å². The molecular formula is C11H13N3O4S2. The third kappa shape index (κ3) is 2.74. The average Bonchev–Trinajstić information content (AvgIpc) is 2.98. The molecule has 0 aromatic carbocycles. The van der Waals surface area contributed by atoms with E-state index in [9.17, 15) is 13.2 Å². The Morgan fingerprint density at radius 3 is 2.75 bits per heavy atom. The molecular weight excluding hydrogens is 302 g/mol. The molecule has 20 heavy (non-hydrogen) atoms. The highest BCUT2D eigenvalue weighted by Crippen LogP contribution is 2.28. The monoisotopic (exact) mass is 315 g/mol. The van der Waals surface area contributed by atoms with Crippen molar-refractivity contribution in [1.29, 1.82) is 0 Å². The van der Waals surface area contributed by atoms with Crippen LogP contribution in [0.3, 0.4) is 0 Å². The first kappa shape index (κ1) is 14.7. The molecule has 9 heteroatoms. The lowest BCUT2D eigenvalue weighted by Gasteiger charge is -2.14. The van der Waals surface area contributed by atoms with Gasteiger partial charge in [-0.3, -0.25) is 0 Å². The van der Waals surface area contributed by atoms with Gasteiger partial charge < -0.3 is 10.1 Å². The number of carboxylic acid groups (broad SMARTS) is 1. The highest BCUT2D eigenvalue weighted by atomic mass is 32.2. The number of carboxylic acids is 1. The first-order chi connectivity index (χ1) is 9.32. The Morgan fingerprint density at radius 1 is 1.55 bits per heavy atom. The number of sulfonamides is 1. The van der Waals surface area contributed by atoms with Crippen LogP contribution in [0.4, 0.5) is 0 Å². The van der Waals surface area contributed by atoms with Crippen molar-refractivity contribution >= 4 is 27.3 Å². The Kier molecular flexibility index (Phi) is 3.93. The van der Waals surface area contributed by atoms with E-state index in [-0.39, 0.29) is 15.6 Å². The van der Waals surface area contributed by atoms with Crippen LogP contribution in [-0.2, 0) is 16.6 Å². The zero-order valence-corrected chi connectivity index (χ0v) is 12.5. The van der Waals surface area contributed by atoms with Gasteiger partial charge >= 0.3 is 5.97 Å². The van der Waals surface area contributed by atoms with E-state index in [2.05, 4.69) is 9.97 Å². The van der Waals surface area contributed by atoms with Crippen LogP contribution in [0, 0.1) is 6.92 Å². The summed E-state index contributed by atoms with van der Waals surface area (Å²) in [5.41, 5.74) is 0.437. The minimum Gasteiger partial charge on any atom is -0.477 e. The summed E-state index contributed by atoms with van der Waals surface area (Å²) in [6, 6.07) is 1.38. The molecule has 2 rings (SSSR count). The van der Waals surface area contributed by atoms with E-state index >= 15 is 0 Å². The molecule has 108 valence electrons. The zero-order chi connectivity index (χ0) is 14.9. The Bertz CT molecular complexity index is 719. The van der Waals surface area contributed by atoms with Gasteiger partial charge in [0, 0.05) is 19.4 Å². The first-order valence-electron chi connectivity index (χ1n) is 5.60. The van der Waals surface area contributed by atoms with Gasteiger partial charge in [-0.1, -0.05) is 0 Å². The maximum absolute atomic E-state index is 12.3. The van der Waals surface area contributed by atoms with Gasteiger partial charge in [0.2, 0.25) is 0 Å². The normalized spacial score (nSPS) is 11.9. The van der Waals surface area contributed by atoms with Crippen molar-refractivity contribution in [3.8, 4) is 0 Å². The number of aromatic carboxylic acids is 1. The molecule has 2 aromatic heterocycles. The SMILES string of the molecule is Cc1cc(S(=O)(=O)N(C)Cc2ncc[nH]2)sc1C(=O)O.